The number of carbonyl (C=O) groups excluding carboxylic acids is 1. The molecule has 0 radical (unpaired) electrons. The van der Waals surface area contributed by atoms with E-state index in [4.69, 9.17) is 0 Å². The van der Waals surface area contributed by atoms with Gasteiger partial charge in [-0.05, 0) is 37.4 Å². The van der Waals surface area contributed by atoms with Gasteiger partial charge in [0, 0.05) is 6.54 Å². The summed E-state index contributed by atoms with van der Waals surface area (Å²) in [5.41, 5.74) is 1.59. The lowest BCUT2D eigenvalue weighted by Gasteiger charge is -2.21. The van der Waals surface area contributed by atoms with E-state index in [2.05, 4.69) is 15.5 Å². The molecule has 0 atom stereocenters. The number of rotatable bonds is 6. The molecule has 0 aliphatic carbocycles. The number of nitrogens with one attached hydrogen (secondary N) is 1. The van der Waals surface area contributed by atoms with Crippen LogP contribution >= 0.6 is 22.7 Å². The quantitative estimate of drug-likeness (QED) is 0.631. The summed E-state index contributed by atoms with van der Waals surface area (Å²) in [6.07, 6.45) is 0. The topological polar surface area (TPSA) is 92.3 Å². The number of anilines is 2. The molecule has 1 N–H and O–H groups in total. The van der Waals surface area contributed by atoms with Gasteiger partial charge in [-0.3, -0.25) is 14.4 Å². The summed E-state index contributed by atoms with van der Waals surface area (Å²) < 4.78 is 26.9. The van der Waals surface area contributed by atoms with E-state index in [0.717, 1.165) is 16.9 Å². The van der Waals surface area contributed by atoms with E-state index in [0.29, 0.717) is 10.6 Å². The molecule has 136 valence electrons. The minimum Gasteiger partial charge on any atom is -0.296 e. The molecule has 2 aromatic heterocycles. The monoisotopic (exact) mass is 408 g/mol. The number of nitrogens with zero attached hydrogens (tertiary/aromatic N) is 3. The first-order valence-electron chi connectivity index (χ1n) is 7.69. The van der Waals surface area contributed by atoms with Crippen LogP contribution in [0.15, 0.2) is 46.1 Å². The van der Waals surface area contributed by atoms with Gasteiger partial charge in [0.05, 0.1) is 10.6 Å². The fourth-order valence-electron chi connectivity index (χ4n) is 2.23. The van der Waals surface area contributed by atoms with Crippen LogP contribution in [-0.2, 0) is 10.0 Å². The summed E-state index contributed by atoms with van der Waals surface area (Å²) in [7, 11) is -3.86. The number of aromatic nitrogens is 2. The van der Waals surface area contributed by atoms with Crippen molar-refractivity contribution in [3.05, 3.63) is 52.2 Å². The van der Waals surface area contributed by atoms with Crippen molar-refractivity contribution in [1.82, 2.24) is 10.2 Å². The third-order valence-electron chi connectivity index (χ3n) is 3.49. The molecular weight excluding hydrogens is 392 g/mol. The number of sulfonamides is 1. The van der Waals surface area contributed by atoms with E-state index < -0.39 is 10.0 Å². The van der Waals surface area contributed by atoms with E-state index in [1.54, 1.807) is 36.6 Å². The van der Waals surface area contributed by atoms with Gasteiger partial charge in [0.1, 0.15) is 0 Å². The lowest BCUT2D eigenvalue weighted by molar-refractivity contribution is 0.103. The minimum atomic E-state index is -3.86. The highest BCUT2D eigenvalue weighted by molar-refractivity contribution is 7.94. The first-order valence-corrected chi connectivity index (χ1v) is 10.8. The van der Waals surface area contributed by atoms with Crippen molar-refractivity contribution in [2.45, 2.75) is 18.2 Å². The van der Waals surface area contributed by atoms with Gasteiger partial charge < -0.3 is 0 Å². The number of thiophene rings is 1. The predicted octanol–water partition coefficient (Wildman–Crippen LogP) is 3.38. The highest BCUT2D eigenvalue weighted by Crippen LogP contribution is 2.28. The maximum Gasteiger partial charge on any atom is 0.293 e. The Morgan fingerprint density at radius 2 is 1.92 bits per heavy atom. The average molecular weight is 409 g/mol. The normalized spacial score (nSPS) is 11.3. The summed E-state index contributed by atoms with van der Waals surface area (Å²) >= 11 is 2.12. The van der Waals surface area contributed by atoms with Crippen LogP contribution in [0.5, 0.6) is 0 Å². The molecule has 0 unspecified atom stereocenters. The third kappa shape index (κ3) is 3.76. The van der Waals surface area contributed by atoms with E-state index in [1.165, 1.54) is 15.6 Å². The van der Waals surface area contributed by atoms with Crippen LogP contribution in [-0.4, -0.2) is 31.1 Å². The summed E-state index contributed by atoms with van der Waals surface area (Å²) in [5, 5.41) is 12.1. The first kappa shape index (κ1) is 18.5. The molecule has 0 saturated carbocycles. The van der Waals surface area contributed by atoms with Crippen LogP contribution in [0.3, 0.4) is 0 Å². The number of hydrogen-bond donors (Lipinski definition) is 1. The van der Waals surface area contributed by atoms with Gasteiger partial charge in [0.2, 0.25) is 5.13 Å². The Morgan fingerprint density at radius 1 is 1.19 bits per heavy atom. The largest absolute Gasteiger partial charge is 0.296 e. The standard InChI is InChI=1S/C16H16N4O3S3/c1-3-20(12-8-6-11(2)7-9-12)26(22,23)16-19-18-15(25-16)17-14(21)13-5-4-10-24-13/h4-10H,3H2,1-2H3,(H,17,18,21). The lowest BCUT2D eigenvalue weighted by atomic mass is 10.2. The van der Waals surface area contributed by atoms with Crippen LogP contribution in [0.25, 0.3) is 0 Å². The van der Waals surface area contributed by atoms with E-state index in [9.17, 15) is 13.2 Å². The van der Waals surface area contributed by atoms with Gasteiger partial charge in [0.25, 0.3) is 20.3 Å². The van der Waals surface area contributed by atoms with Gasteiger partial charge in [-0.1, -0.05) is 35.1 Å². The maximum absolute atomic E-state index is 12.9. The zero-order valence-electron chi connectivity index (χ0n) is 14.0. The Bertz CT molecular complexity index is 996. The van der Waals surface area contributed by atoms with E-state index in [1.807, 2.05) is 19.1 Å². The Morgan fingerprint density at radius 3 is 2.54 bits per heavy atom. The summed E-state index contributed by atoms with van der Waals surface area (Å²) in [6, 6.07) is 10.6. The predicted molar refractivity (Wildman–Crippen MR) is 104 cm³/mol. The van der Waals surface area contributed by atoms with Crippen LogP contribution in [0.1, 0.15) is 22.2 Å². The molecule has 10 heteroatoms. The van der Waals surface area contributed by atoms with Gasteiger partial charge in [0.15, 0.2) is 0 Å². The van der Waals surface area contributed by atoms with Crippen LogP contribution in [0, 0.1) is 6.92 Å². The lowest BCUT2D eigenvalue weighted by Crippen LogP contribution is -2.30. The maximum atomic E-state index is 12.9. The Labute approximate surface area is 159 Å². The van der Waals surface area contributed by atoms with Gasteiger partial charge in [-0.2, -0.15) is 8.42 Å². The highest BCUT2D eigenvalue weighted by atomic mass is 32.2. The van der Waals surface area contributed by atoms with Crippen LogP contribution < -0.4 is 9.62 Å². The second kappa shape index (κ2) is 7.52. The van der Waals surface area contributed by atoms with Gasteiger partial charge >= 0.3 is 0 Å². The van der Waals surface area contributed by atoms with Crippen molar-refractivity contribution < 1.29 is 13.2 Å². The van der Waals surface area contributed by atoms with Crippen molar-refractivity contribution in [3.63, 3.8) is 0 Å². The molecule has 0 aliphatic heterocycles. The zero-order chi connectivity index (χ0) is 18.7. The Hall–Kier alpha value is -2.30. The van der Waals surface area contributed by atoms with Crippen LogP contribution in [0.2, 0.25) is 0 Å². The van der Waals surface area contributed by atoms with Crippen LogP contribution in [0.4, 0.5) is 10.8 Å². The Balaban J connectivity index is 1.84. The molecular formula is C16H16N4O3S3. The average Bonchev–Trinajstić information content (AvgIpc) is 3.29. The van der Waals surface area contributed by atoms with Crippen molar-refractivity contribution in [2.75, 3.05) is 16.2 Å². The second-order valence-electron chi connectivity index (χ2n) is 5.31. The number of benzene rings is 1. The molecule has 3 aromatic rings. The Kier molecular flexibility index (Phi) is 5.35. The number of carbonyl (C=O) groups is 1. The molecule has 0 spiro atoms. The molecule has 26 heavy (non-hydrogen) atoms. The number of hydrogen-bond acceptors (Lipinski definition) is 7. The molecule has 3 rings (SSSR count). The van der Waals surface area contributed by atoms with Crippen molar-refractivity contribution >= 4 is 49.4 Å². The van der Waals surface area contributed by atoms with Gasteiger partial charge in [-0.25, -0.2) is 0 Å². The fraction of sp³-hybridized carbons (Fsp3) is 0.188. The van der Waals surface area contributed by atoms with E-state index >= 15 is 0 Å². The summed E-state index contributed by atoms with van der Waals surface area (Å²) in [5.74, 6) is -0.342. The van der Waals surface area contributed by atoms with Gasteiger partial charge in [-0.15, -0.1) is 21.5 Å². The second-order valence-corrected chi connectivity index (χ2v) is 9.27. The smallest absolute Gasteiger partial charge is 0.293 e. The summed E-state index contributed by atoms with van der Waals surface area (Å²) in [4.78, 5) is 12.6. The molecule has 2 heterocycles. The fourth-order valence-corrected chi connectivity index (χ4v) is 5.32. The van der Waals surface area contributed by atoms with Crippen molar-refractivity contribution in [3.8, 4) is 0 Å². The zero-order valence-corrected chi connectivity index (χ0v) is 16.5. The number of amides is 1. The molecule has 0 fully saturated rings. The third-order valence-corrected chi connectivity index (χ3v) is 7.45. The molecule has 0 aliphatic rings. The van der Waals surface area contributed by atoms with Crippen molar-refractivity contribution in [1.29, 1.82) is 0 Å². The highest BCUT2D eigenvalue weighted by Gasteiger charge is 2.28. The van der Waals surface area contributed by atoms with E-state index in [-0.39, 0.29) is 21.9 Å². The number of aryl methyl sites for hydroxylation is 1. The minimum absolute atomic E-state index is 0.141. The van der Waals surface area contributed by atoms with Crippen molar-refractivity contribution in [2.24, 2.45) is 0 Å². The molecule has 0 saturated heterocycles. The molecule has 0 bridgehead atoms. The summed E-state index contributed by atoms with van der Waals surface area (Å²) in [6.45, 7) is 3.93. The first-order chi connectivity index (χ1) is 12.4. The molecule has 1 amide bonds. The molecule has 1 aromatic carbocycles. The molecule has 7 nitrogen and oxygen atoms in total. The SMILES string of the molecule is CCN(c1ccc(C)cc1)S(=O)(=O)c1nnc(NC(=O)c2cccs2)s1.